The molecule has 1 atom stereocenters. The molecule has 0 aliphatic carbocycles. The zero-order valence-electron chi connectivity index (χ0n) is 13.2. The van der Waals surface area contributed by atoms with Crippen molar-refractivity contribution in [2.45, 2.75) is 25.3 Å². The molecule has 0 spiro atoms. The van der Waals surface area contributed by atoms with E-state index in [9.17, 15) is 4.79 Å². The third kappa shape index (κ3) is 2.98. The summed E-state index contributed by atoms with van der Waals surface area (Å²) in [7, 11) is 0. The molecule has 0 bridgehead atoms. The molecule has 1 amide bonds. The molecule has 24 heavy (non-hydrogen) atoms. The molecule has 1 fully saturated rings. The molecule has 3 heterocycles. The van der Waals surface area contributed by atoms with E-state index in [-0.39, 0.29) is 11.9 Å². The van der Waals surface area contributed by atoms with Gasteiger partial charge < -0.3 is 14.4 Å². The van der Waals surface area contributed by atoms with Gasteiger partial charge in [0.05, 0.1) is 17.5 Å². The fourth-order valence-corrected chi connectivity index (χ4v) is 4.55. The van der Waals surface area contributed by atoms with Crippen LogP contribution in [0.25, 0.3) is 0 Å². The van der Waals surface area contributed by atoms with Crippen LogP contribution in [-0.2, 0) is 11.2 Å². The number of fused-ring (bicyclic) bond motifs is 1. The van der Waals surface area contributed by atoms with Crippen molar-refractivity contribution in [3.8, 4) is 11.5 Å². The fourth-order valence-electron chi connectivity index (χ4n) is 3.38. The highest BCUT2D eigenvalue weighted by Crippen LogP contribution is 2.39. The van der Waals surface area contributed by atoms with Gasteiger partial charge in [0, 0.05) is 11.4 Å². The quantitative estimate of drug-likeness (QED) is 0.824. The standard InChI is InChI=1S/C18H18ClNO3S/c19-13-9-12(10-15-18(13)23-7-6-22-15)11-17(21)20-5-1-3-14(20)16-4-2-8-24-16/h2,4,8-10,14H,1,3,5-7,11H2. The third-order valence-electron chi connectivity index (χ3n) is 4.46. The zero-order chi connectivity index (χ0) is 16.5. The number of hydrogen-bond donors (Lipinski definition) is 0. The van der Waals surface area contributed by atoms with Gasteiger partial charge in [-0.2, -0.15) is 0 Å². The highest BCUT2D eigenvalue weighted by Gasteiger charge is 2.30. The minimum Gasteiger partial charge on any atom is -0.486 e. The maximum absolute atomic E-state index is 12.8. The summed E-state index contributed by atoms with van der Waals surface area (Å²) in [6.45, 7) is 1.83. The Hall–Kier alpha value is -1.72. The lowest BCUT2D eigenvalue weighted by Crippen LogP contribution is -2.31. The minimum atomic E-state index is 0.138. The molecule has 1 aromatic heterocycles. The van der Waals surface area contributed by atoms with Gasteiger partial charge >= 0.3 is 0 Å². The van der Waals surface area contributed by atoms with Crippen LogP contribution in [0.1, 0.15) is 29.3 Å². The van der Waals surface area contributed by atoms with E-state index in [1.54, 1.807) is 11.3 Å². The number of carbonyl (C=O) groups excluding carboxylic acids is 1. The molecule has 0 N–H and O–H groups in total. The van der Waals surface area contributed by atoms with E-state index in [1.807, 2.05) is 23.1 Å². The van der Waals surface area contributed by atoms with Crippen molar-refractivity contribution in [1.82, 2.24) is 4.90 Å². The number of likely N-dealkylation sites (tertiary alicyclic amines) is 1. The second kappa shape index (κ2) is 6.65. The predicted molar refractivity (Wildman–Crippen MR) is 94.2 cm³/mol. The molecular formula is C18H18ClNO3S. The molecule has 4 rings (SSSR count). The summed E-state index contributed by atoms with van der Waals surface area (Å²) in [5.41, 5.74) is 0.867. The summed E-state index contributed by atoms with van der Waals surface area (Å²) in [5.74, 6) is 1.35. The van der Waals surface area contributed by atoms with Crippen LogP contribution in [0.5, 0.6) is 11.5 Å². The Kier molecular flexibility index (Phi) is 4.37. The number of hydrogen-bond acceptors (Lipinski definition) is 4. The number of amides is 1. The van der Waals surface area contributed by atoms with Crippen molar-refractivity contribution in [3.05, 3.63) is 45.1 Å². The normalized spacial score (nSPS) is 19.5. The van der Waals surface area contributed by atoms with Gasteiger partial charge in [0.15, 0.2) is 11.5 Å². The summed E-state index contributed by atoms with van der Waals surface area (Å²) in [6.07, 6.45) is 2.42. The van der Waals surface area contributed by atoms with Gasteiger partial charge in [-0.05, 0) is 42.0 Å². The van der Waals surface area contributed by atoms with E-state index >= 15 is 0 Å². The van der Waals surface area contributed by atoms with Crippen LogP contribution >= 0.6 is 22.9 Å². The van der Waals surface area contributed by atoms with Crippen LogP contribution in [-0.4, -0.2) is 30.6 Å². The van der Waals surface area contributed by atoms with Crippen LogP contribution in [0.15, 0.2) is 29.6 Å². The molecule has 6 heteroatoms. The first-order chi connectivity index (χ1) is 11.7. The van der Waals surface area contributed by atoms with Crippen LogP contribution in [0.3, 0.4) is 0 Å². The summed E-state index contributed by atoms with van der Waals surface area (Å²) in [6, 6.07) is 8.05. The first kappa shape index (κ1) is 15.8. The van der Waals surface area contributed by atoms with Gasteiger partial charge in [0.2, 0.25) is 5.91 Å². The lowest BCUT2D eigenvalue weighted by Gasteiger charge is -2.25. The molecule has 126 valence electrons. The van der Waals surface area contributed by atoms with E-state index in [2.05, 4.69) is 11.4 Å². The lowest BCUT2D eigenvalue weighted by molar-refractivity contribution is -0.131. The molecule has 1 unspecified atom stereocenters. The zero-order valence-corrected chi connectivity index (χ0v) is 14.7. The number of rotatable bonds is 3. The number of benzene rings is 1. The van der Waals surface area contributed by atoms with Gasteiger partial charge in [0.1, 0.15) is 13.2 Å². The fraction of sp³-hybridized carbons (Fsp3) is 0.389. The van der Waals surface area contributed by atoms with Crippen molar-refractivity contribution in [3.63, 3.8) is 0 Å². The Labute approximate surface area is 149 Å². The average Bonchev–Trinajstić information content (AvgIpc) is 3.26. The van der Waals surface area contributed by atoms with Crippen molar-refractivity contribution >= 4 is 28.8 Å². The van der Waals surface area contributed by atoms with E-state index in [0.29, 0.717) is 36.2 Å². The molecule has 2 aliphatic heterocycles. The highest BCUT2D eigenvalue weighted by molar-refractivity contribution is 7.10. The average molecular weight is 364 g/mol. The van der Waals surface area contributed by atoms with E-state index in [0.717, 1.165) is 24.9 Å². The Bertz CT molecular complexity index is 747. The SMILES string of the molecule is O=C(Cc1cc(Cl)c2c(c1)OCCO2)N1CCCC1c1cccs1. The minimum absolute atomic E-state index is 0.138. The van der Waals surface area contributed by atoms with Gasteiger partial charge in [-0.15, -0.1) is 11.3 Å². The van der Waals surface area contributed by atoms with Gasteiger partial charge in [-0.3, -0.25) is 4.79 Å². The van der Waals surface area contributed by atoms with E-state index in [1.165, 1.54) is 4.88 Å². The first-order valence-corrected chi connectivity index (χ1v) is 9.39. The summed E-state index contributed by atoms with van der Waals surface area (Å²) in [5, 5.41) is 2.57. The Morgan fingerprint density at radius 1 is 1.33 bits per heavy atom. The molecule has 0 radical (unpaired) electrons. The molecule has 0 saturated carbocycles. The van der Waals surface area contributed by atoms with Crippen molar-refractivity contribution in [2.75, 3.05) is 19.8 Å². The molecular weight excluding hydrogens is 346 g/mol. The number of ether oxygens (including phenoxy) is 2. The molecule has 4 nitrogen and oxygen atoms in total. The maximum Gasteiger partial charge on any atom is 0.227 e. The van der Waals surface area contributed by atoms with E-state index in [4.69, 9.17) is 21.1 Å². The first-order valence-electron chi connectivity index (χ1n) is 8.13. The van der Waals surface area contributed by atoms with Crippen LogP contribution in [0.2, 0.25) is 5.02 Å². The monoisotopic (exact) mass is 363 g/mol. The number of halogens is 1. The number of thiophene rings is 1. The smallest absolute Gasteiger partial charge is 0.227 e. The second-order valence-electron chi connectivity index (χ2n) is 6.04. The van der Waals surface area contributed by atoms with Gasteiger partial charge in [0.25, 0.3) is 0 Å². The Balaban J connectivity index is 1.53. The summed E-state index contributed by atoms with van der Waals surface area (Å²) >= 11 is 7.99. The van der Waals surface area contributed by atoms with Crippen molar-refractivity contribution in [1.29, 1.82) is 0 Å². The number of nitrogens with zero attached hydrogens (tertiary/aromatic N) is 1. The van der Waals surface area contributed by atoms with Crippen LogP contribution < -0.4 is 9.47 Å². The van der Waals surface area contributed by atoms with Crippen LogP contribution in [0.4, 0.5) is 0 Å². The van der Waals surface area contributed by atoms with Gasteiger partial charge in [-0.1, -0.05) is 17.7 Å². The number of carbonyl (C=O) groups is 1. The Morgan fingerprint density at radius 2 is 2.21 bits per heavy atom. The van der Waals surface area contributed by atoms with Gasteiger partial charge in [-0.25, -0.2) is 0 Å². The van der Waals surface area contributed by atoms with Crippen LogP contribution in [0, 0.1) is 0 Å². The second-order valence-corrected chi connectivity index (χ2v) is 7.43. The molecule has 2 aromatic rings. The predicted octanol–water partition coefficient (Wildman–Crippen LogP) is 4.08. The molecule has 2 aliphatic rings. The van der Waals surface area contributed by atoms with E-state index < -0.39 is 0 Å². The maximum atomic E-state index is 12.8. The molecule has 1 aromatic carbocycles. The summed E-state index contributed by atoms with van der Waals surface area (Å²) < 4.78 is 11.1. The third-order valence-corrected chi connectivity index (χ3v) is 5.71. The van der Waals surface area contributed by atoms with Crippen molar-refractivity contribution in [2.24, 2.45) is 0 Å². The lowest BCUT2D eigenvalue weighted by atomic mass is 10.1. The topological polar surface area (TPSA) is 38.8 Å². The largest absolute Gasteiger partial charge is 0.486 e. The highest BCUT2D eigenvalue weighted by atomic mass is 35.5. The Morgan fingerprint density at radius 3 is 3.04 bits per heavy atom. The molecule has 1 saturated heterocycles. The summed E-state index contributed by atoms with van der Waals surface area (Å²) in [4.78, 5) is 16.1. The van der Waals surface area contributed by atoms with Crippen molar-refractivity contribution < 1.29 is 14.3 Å².